The molecule has 0 spiro atoms. The summed E-state index contributed by atoms with van der Waals surface area (Å²) in [6, 6.07) is 21.6. The SMILES string of the molecule is [c]1ccc(-n2cnc3cnc4ccc(-c5cccs5)cc4c32)cc1. The number of nitrogens with zero attached hydrogens (tertiary/aromatic N) is 3. The predicted octanol–water partition coefficient (Wildman–Crippen LogP) is 5.10. The molecule has 0 aliphatic carbocycles. The van der Waals surface area contributed by atoms with Gasteiger partial charge in [-0.15, -0.1) is 11.3 Å². The molecule has 5 rings (SSSR count). The molecule has 4 heteroatoms. The molecule has 3 heterocycles. The van der Waals surface area contributed by atoms with Crippen molar-refractivity contribution in [2.75, 3.05) is 0 Å². The maximum atomic E-state index is 4.56. The summed E-state index contributed by atoms with van der Waals surface area (Å²) in [5, 5.41) is 3.21. The van der Waals surface area contributed by atoms with Crippen molar-refractivity contribution >= 4 is 33.3 Å². The lowest BCUT2D eigenvalue weighted by molar-refractivity contribution is 1.10. The van der Waals surface area contributed by atoms with Gasteiger partial charge in [-0.2, -0.15) is 0 Å². The molecule has 0 unspecified atom stereocenters. The van der Waals surface area contributed by atoms with Gasteiger partial charge in [0.1, 0.15) is 11.8 Å². The van der Waals surface area contributed by atoms with Crippen LogP contribution in [0.2, 0.25) is 0 Å². The Bertz CT molecular complexity index is 1140. The molecule has 3 aromatic heterocycles. The highest BCUT2D eigenvalue weighted by atomic mass is 32.1. The van der Waals surface area contributed by atoms with E-state index in [0.717, 1.165) is 27.6 Å². The number of hydrogen-bond acceptors (Lipinski definition) is 3. The molecule has 113 valence electrons. The third-order valence-corrected chi connectivity index (χ3v) is 5.08. The summed E-state index contributed by atoms with van der Waals surface area (Å²) in [7, 11) is 0. The van der Waals surface area contributed by atoms with Gasteiger partial charge in [-0.05, 0) is 47.3 Å². The molecule has 3 nitrogen and oxygen atoms in total. The molecule has 2 aromatic carbocycles. The average Bonchev–Trinajstić information content (AvgIpc) is 3.32. The van der Waals surface area contributed by atoms with Crippen molar-refractivity contribution in [3.05, 3.63) is 78.6 Å². The van der Waals surface area contributed by atoms with E-state index in [1.165, 1.54) is 10.4 Å². The van der Waals surface area contributed by atoms with Crippen LogP contribution in [-0.4, -0.2) is 14.5 Å². The van der Waals surface area contributed by atoms with Crippen LogP contribution in [0.25, 0.3) is 38.1 Å². The number of fused-ring (bicyclic) bond motifs is 3. The number of aromatic nitrogens is 3. The van der Waals surface area contributed by atoms with Gasteiger partial charge in [0.05, 0.1) is 17.2 Å². The molecule has 0 aliphatic heterocycles. The predicted molar refractivity (Wildman–Crippen MR) is 98.5 cm³/mol. The number of thiophene rings is 1. The maximum Gasteiger partial charge on any atom is 0.108 e. The van der Waals surface area contributed by atoms with E-state index in [4.69, 9.17) is 0 Å². The number of hydrogen-bond donors (Lipinski definition) is 0. The quantitative estimate of drug-likeness (QED) is 0.452. The lowest BCUT2D eigenvalue weighted by Gasteiger charge is -2.07. The van der Waals surface area contributed by atoms with Crippen molar-refractivity contribution < 1.29 is 0 Å². The van der Waals surface area contributed by atoms with Crippen LogP contribution in [0.4, 0.5) is 0 Å². The van der Waals surface area contributed by atoms with E-state index in [0.29, 0.717) is 0 Å². The van der Waals surface area contributed by atoms with Crippen LogP contribution in [0, 0.1) is 6.07 Å². The fourth-order valence-corrected chi connectivity index (χ4v) is 3.75. The van der Waals surface area contributed by atoms with Crippen molar-refractivity contribution in [2.24, 2.45) is 0 Å². The number of imidazole rings is 1. The van der Waals surface area contributed by atoms with E-state index in [1.807, 2.05) is 36.8 Å². The molecule has 0 atom stereocenters. The summed E-state index contributed by atoms with van der Waals surface area (Å²) in [5.74, 6) is 0. The van der Waals surface area contributed by atoms with Crippen molar-refractivity contribution in [1.82, 2.24) is 14.5 Å². The molecule has 0 N–H and O–H groups in total. The van der Waals surface area contributed by atoms with E-state index >= 15 is 0 Å². The maximum absolute atomic E-state index is 4.56. The molecule has 0 saturated carbocycles. The Balaban J connectivity index is 1.85. The fourth-order valence-electron chi connectivity index (χ4n) is 3.02. The molecule has 0 bridgehead atoms. The van der Waals surface area contributed by atoms with E-state index in [-0.39, 0.29) is 0 Å². The van der Waals surface area contributed by atoms with E-state index in [9.17, 15) is 0 Å². The minimum atomic E-state index is 0.902. The zero-order chi connectivity index (χ0) is 15.9. The van der Waals surface area contributed by atoms with Crippen LogP contribution < -0.4 is 0 Å². The Morgan fingerprint density at radius 3 is 2.71 bits per heavy atom. The zero-order valence-corrected chi connectivity index (χ0v) is 13.5. The second-order valence-corrected chi connectivity index (χ2v) is 6.52. The highest BCUT2D eigenvalue weighted by Gasteiger charge is 2.11. The Labute approximate surface area is 142 Å². The average molecular weight is 326 g/mol. The smallest absolute Gasteiger partial charge is 0.108 e. The number of rotatable bonds is 2. The third-order valence-electron chi connectivity index (χ3n) is 4.16. The molecular formula is C20H12N3S. The number of pyridine rings is 1. The summed E-state index contributed by atoms with van der Waals surface area (Å²) in [6.45, 7) is 0. The monoisotopic (exact) mass is 326 g/mol. The topological polar surface area (TPSA) is 30.7 Å². The molecule has 5 aromatic rings. The first-order chi connectivity index (χ1) is 11.9. The standard InChI is InChI=1S/C20H12N3S/c1-2-5-15(6-3-1)23-13-22-18-12-21-17-9-8-14(11-16(17)20(18)23)19-7-4-10-24-19/h2-13H. The Kier molecular flexibility index (Phi) is 2.96. The minimum Gasteiger partial charge on any atom is -0.298 e. The lowest BCUT2D eigenvalue weighted by Crippen LogP contribution is -1.93. The molecule has 0 saturated heterocycles. The van der Waals surface area contributed by atoms with Gasteiger partial charge < -0.3 is 0 Å². The van der Waals surface area contributed by atoms with Crippen LogP contribution in [0.15, 0.2) is 72.5 Å². The molecule has 1 radical (unpaired) electrons. The number of benzene rings is 2. The molecule has 24 heavy (non-hydrogen) atoms. The fraction of sp³-hybridized carbons (Fsp3) is 0. The van der Waals surface area contributed by atoms with E-state index < -0.39 is 0 Å². The second kappa shape index (κ2) is 5.28. The first-order valence-corrected chi connectivity index (χ1v) is 8.54. The van der Waals surface area contributed by atoms with Gasteiger partial charge in [0.15, 0.2) is 0 Å². The van der Waals surface area contributed by atoms with Crippen LogP contribution >= 0.6 is 11.3 Å². The second-order valence-electron chi connectivity index (χ2n) is 5.57. The molecule has 0 fully saturated rings. The van der Waals surface area contributed by atoms with Gasteiger partial charge in [0.25, 0.3) is 0 Å². The van der Waals surface area contributed by atoms with Gasteiger partial charge in [-0.3, -0.25) is 9.55 Å². The van der Waals surface area contributed by atoms with Gasteiger partial charge in [-0.25, -0.2) is 4.98 Å². The Morgan fingerprint density at radius 2 is 1.88 bits per heavy atom. The van der Waals surface area contributed by atoms with Crippen molar-refractivity contribution in [2.45, 2.75) is 0 Å². The van der Waals surface area contributed by atoms with Gasteiger partial charge in [-0.1, -0.05) is 24.3 Å². The van der Waals surface area contributed by atoms with Crippen LogP contribution in [0.5, 0.6) is 0 Å². The summed E-state index contributed by atoms with van der Waals surface area (Å²) in [4.78, 5) is 10.3. The highest BCUT2D eigenvalue weighted by Crippen LogP contribution is 2.31. The van der Waals surface area contributed by atoms with Crippen LogP contribution in [-0.2, 0) is 0 Å². The highest BCUT2D eigenvalue weighted by molar-refractivity contribution is 7.13. The van der Waals surface area contributed by atoms with Crippen molar-refractivity contribution in [3.8, 4) is 16.1 Å². The van der Waals surface area contributed by atoms with Gasteiger partial charge in [0.2, 0.25) is 0 Å². The summed E-state index contributed by atoms with van der Waals surface area (Å²) in [5.41, 5.74) is 5.25. The molecular weight excluding hydrogens is 314 g/mol. The van der Waals surface area contributed by atoms with Gasteiger partial charge >= 0.3 is 0 Å². The van der Waals surface area contributed by atoms with Crippen LogP contribution in [0.1, 0.15) is 0 Å². The lowest BCUT2D eigenvalue weighted by atomic mass is 10.1. The third kappa shape index (κ3) is 2.04. The zero-order valence-electron chi connectivity index (χ0n) is 12.7. The van der Waals surface area contributed by atoms with E-state index in [2.05, 4.69) is 56.3 Å². The first kappa shape index (κ1) is 13.5. The van der Waals surface area contributed by atoms with Crippen LogP contribution in [0.3, 0.4) is 0 Å². The van der Waals surface area contributed by atoms with E-state index in [1.54, 1.807) is 11.3 Å². The normalized spacial score (nSPS) is 11.3. The minimum absolute atomic E-state index is 0.902. The summed E-state index contributed by atoms with van der Waals surface area (Å²) < 4.78 is 2.12. The first-order valence-electron chi connectivity index (χ1n) is 7.66. The molecule has 0 aliphatic rings. The molecule has 0 amide bonds. The Morgan fingerprint density at radius 1 is 0.958 bits per heavy atom. The summed E-state index contributed by atoms with van der Waals surface area (Å²) in [6.07, 6.45) is 3.70. The van der Waals surface area contributed by atoms with Crippen molar-refractivity contribution in [1.29, 1.82) is 0 Å². The van der Waals surface area contributed by atoms with Crippen molar-refractivity contribution in [3.63, 3.8) is 0 Å². The van der Waals surface area contributed by atoms with Gasteiger partial charge in [0, 0.05) is 16.0 Å². The largest absolute Gasteiger partial charge is 0.298 e. The summed E-state index contributed by atoms with van der Waals surface area (Å²) >= 11 is 1.75. The Hall–Kier alpha value is -2.98.